The zero-order chi connectivity index (χ0) is 17.3. The SMILES string of the molecule is Cc1ccsc1CN(C)Cc1c(C)n(C)n(-c2ccccc2)c1=O. The number of nitrogens with zero attached hydrogens (tertiary/aromatic N) is 3. The van der Waals surface area contributed by atoms with Crippen LogP contribution in [0.2, 0.25) is 0 Å². The Morgan fingerprint density at radius 2 is 1.79 bits per heavy atom. The van der Waals surface area contributed by atoms with E-state index >= 15 is 0 Å². The van der Waals surface area contributed by atoms with Crippen LogP contribution in [0.25, 0.3) is 5.69 Å². The van der Waals surface area contributed by atoms with E-state index in [0.29, 0.717) is 6.54 Å². The number of benzene rings is 1. The molecule has 0 saturated heterocycles. The summed E-state index contributed by atoms with van der Waals surface area (Å²) in [5.41, 5.74) is 4.15. The maximum atomic E-state index is 12.9. The van der Waals surface area contributed by atoms with Gasteiger partial charge in [-0.3, -0.25) is 14.4 Å². The molecule has 3 aromatic rings. The average Bonchev–Trinajstić information content (AvgIpc) is 3.05. The van der Waals surface area contributed by atoms with Gasteiger partial charge in [0.25, 0.3) is 5.56 Å². The summed E-state index contributed by atoms with van der Waals surface area (Å²) in [4.78, 5) is 16.5. The lowest BCUT2D eigenvalue weighted by Crippen LogP contribution is -2.24. The number of aromatic nitrogens is 2. The molecule has 4 nitrogen and oxygen atoms in total. The van der Waals surface area contributed by atoms with Gasteiger partial charge < -0.3 is 0 Å². The van der Waals surface area contributed by atoms with Crippen LogP contribution in [0, 0.1) is 13.8 Å². The molecule has 126 valence electrons. The van der Waals surface area contributed by atoms with Gasteiger partial charge in [-0.25, -0.2) is 4.68 Å². The van der Waals surface area contributed by atoms with Crippen LogP contribution >= 0.6 is 11.3 Å². The van der Waals surface area contributed by atoms with E-state index in [1.54, 1.807) is 16.0 Å². The zero-order valence-electron chi connectivity index (χ0n) is 14.6. The molecule has 24 heavy (non-hydrogen) atoms. The first-order valence-electron chi connectivity index (χ1n) is 8.03. The lowest BCUT2D eigenvalue weighted by molar-refractivity contribution is 0.319. The highest BCUT2D eigenvalue weighted by Crippen LogP contribution is 2.19. The van der Waals surface area contributed by atoms with Gasteiger partial charge in [-0.05, 0) is 50.0 Å². The Kier molecular flexibility index (Phi) is 4.73. The molecule has 3 rings (SSSR count). The fraction of sp³-hybridized carbons (Fsp3) is 0.316. The van der Waals surface area contributed by atoms with Gasteiger partial charge in [0.2, 0.25) is 0 Å². The summed E-state index contributed by atoms with van der Waals surface area (Å²) in [5, 5.41) is 2.12. The molecule has 0 saturated carbocycles. The molecule has 0 radical (unpaired) electrons. The molecule has 0 spiro atoms. The van der Waals surface area contributed by atoms with Crippen molar-refractivity contribution in [2.24, 2.45) is 7.05 Å². The Hall–Kier alpha value is -2.11. The first-order chi connectivity index (χ1) is 11.5. The van der Waals surface area contributed by atoms with Crippen molar-refractivity contribution >= 4 is 11.3 Å². The molecule has 2 heterocycles. The maximum absolute atomic E-state index is 12.9. The molecule has 0 aliphatic rings. The second kappa shape index (κ2) is 6.79. The van der Waals surface area contributed by atoms with Crippen molar-refractivity contribution < 1.29 is 0 Å². The van der Waals surface area contributed by atoms with Gasteiger partial charge >= 0.3 is 0 Å². The number of hydrogen-bond acceptors (Lipinski definition) is 3. The van der Waals surface area contributed by atoms with Crippen molar-refractivity contribution in [3.63, 3.8) is 0 Å². The summed E-state index contributed by atoms with van der Waals surface area (Å²) < 4.78 is 3.69. The quantitative estimate of drug-likeness (QED) is 0.711. The summed E-state index contributed by atoms with van der Waals surface area (Å²) in [7, 11) is 4.01. The highest BCUT2D eigenvalue weighted by atomic mass is 32.1. The lowest BCUT2D eigenvalue weighted by Gasteiger charge is -2.15. The van der Waals surface area contributed by atoms with E-state index in [9.17, 15) is 4.79 Å². The maximum Gasteiger partial charge on any atom is 0.276 e. The van der Waals surface area contributed by atoms with E-state index in [0.717, 1.165) is 23.5 Å². The van der Waals surface area contributed by atoms with Crippen LogP contribution in [0.5, 0.6) is 0 Å². The van der Waals surface area contributed by atoms with E-state index in [1.807, 2.05) is 49.0 Å². The predicted molar refractivity (Wildman–Crippen MR) is 100.0 cm³/mol. The number of thiophene rings is 1. The summed E-state index contributed by atoms with van der Waals surface area (Å²) in [5.74, 6) is 0. The second-order valence-corrected chi connectivity index (χ2v) is 7.24. The normalized spacial score (nSPS) is 11.4. The third-order valence-electron chi connectivity index (χ3n) is 4.48. The molecule has 1 aromatic carbocycles. The topological polar surface area (TPSA) is 30.2 Å². The van der Waals surface area contributed by atoms with Crippen LogP contribution in [-0.2, 0) is 20.1 Å². The molecule has 0 amide bonds. The van der Waals surface area contributed by atoms with Crippen molar-refractivity contribution in [2.75, 3.05) is 7.05 Å². The van der Waals surface area contributed by atoms with E-state index in [4.69, 9.17) is 0 Å². The van der Waals surface area contributed by atoms with Gasteiger partial charge in [-0.1, -0.05) is 18.2 Å². The molecular weight excluding hydrogens is 318 g/mol. The van der Waals surface area contributed by atoms with Gasteiger partial charge in [0.05, 0.1) is 11.3 Å². The van der Waals surface area contributed by atoms with E-state index in [1.165, 1.54) is 10.4 Å². The number of aryl methyl sites for hydroxylation is 1. The van der Waals surface area contributed by atoms with Crippen molar-refractivity contribution in [1.82, 2.24) is 14.3 Å². The Morgan fingerprint density at radius 3 is 2.42 bits per heavy atom. The number of para-hydroxylation sites is 1. The van der Waals surface area contributed by atoms with Crippen LogP contribution in [0.1, 0.15) is 21.7 Å². The predicted octanol–water partition coefficient (Wildman–Crippen LogP) is 3.49. The summed E-state index contributed by atoms with van der Waals surface area (Å²) in [6.07, 6.45) is 0. The largest absolute Gasteiger partial charge is 0.297 e. The van der Waals surface area contributed by atoms with Crippen LogP contribution in [-0.4, -0.2) is 21.3 Å². The first kappa shape index (κ1) is 16.7. The summed E-state index contributed by atoms with van der Waals surface area (Å²) >= 11 is 1.77. The molecule has 0 fully saturated rings. The minimum atomic E-state index is 0.0657. The molecule has 2 aromatic heterocycles. The Labute approximate surface area is 146 Å². The van der Waals surface area contributed by atoms with Crippen LogP contribution in [0.3, 0.4) is 0 Å². The summed E-state index contributed by atoms with van der Waals surface area (Å²) in [6.45, 7) is 5.66. The van der Waals surface area contributed by atoms with Gasteiger partial charge in [0.15, 0.2) is 0 Å². The lowest BCUT2D eigenvalue weighted by atomic mass is 10.2. The Bertz CT molecular complexity index is 889. The highest BCUT2D eigenvalue weighted by Gasteiger charge is 2.17. The average molecular weight is 341 g/mol. The van der Waals surface area contributed by atoms with Crippen LogP contribution in [0.15, 0.2) is 46.6 Å². The molecule has 0 bridgehead atoms. The van der Waals surface area contributed by atoms with Crippen molar-refractivity contribution in [2.45, 2.75) is 26.9 Å². The Balaban J connectivity index is 1.89. The molecule has 0 atom stereocenters. The smallest absolute Gasteiger partial charge is 0.276 e. The highest BCUT2D eigenvalue weighted by molar-refractivity contribution is 7.10. The Morgan fingerprint density at radius 1 is 1.08 bits per heavy atom. The fourth-order valence-electron chi connectivity index (χ4n) is 2.94. The van der Waals surface area contributed by atoms with E-state index in [2.05, 4.69) is 30.3 Å². The monoisotopic (exact) mass is 341 g/mol. The standard InChI is InChI=1S/C19H23N3OS/c1-14-10-11-24-18(14)13-20(3)12-17-15(2)21(4)22(19(17)23)16-8-6-5-7-9-16/h5-11H,12-13H2,1-4H3. The van der Waals surface area contributed by atoms with Crippen LogP contribution in [0.4, 0.5) is 0 Å². The molecule has 5 heteroatoms. The molecular formula is C19H23N3OS. The first-order valence-corrected chi connectivity index (χ1v) is 8.91. The third-order valence-corrected chi connectivity index (χ3v) is 5.49. The summed E-state index contributed by atoms with van der Waals surface area (Å²) in [6, 6.07) is 11.9. The van der Waals surface area contributed by atoms with E-state index < -0.39 is 0 Å². The van der Waals surface area contributed by atoms with Gasteiger partial charge in [0, 0.05) is 30.7 Å². The molecule has 0 unspecified atom stereocenters. The van der Waals surface area contributed by atoms with Gasteiger partial charge in [-0.2, -0.15) is 0 Å². The van der Waals surface area contributed by atoms with Gasteiger partial charge in [-0.15, -0.1) is 11.3 Å². The zero-order valence-corrected chi connectivity index (χ0v) is 15.4. The minimum absolute atomic E-state index is 0.0657. The third kappa shape index (κ3) is 3.09. The second-order valence-electron chi connectivity index (χ2n) is 6.24. The van der Waals surface area contributed by atoms with Crippen molar-refractivity contribution in [3.8, 4) is 5.69 Å². The van der Waals surface area contributed by atoms with E-state index in [-0.39, 0.29) is 5.56 Å². The van der Waals surface area contributed by atoms with Crippen molar-refractivity contribution in [1.29, 1.82) is 0 Å². The van der Waals surface area contributed by atoms with Crippen LogP contribution < -0.4 is 5.56 Å². The molecule has 0 N–H and O–H groups in total. The molecule has 0 aliphatic heterocycles. The number of rotatable bonds is 5. The number of hydrogen-bond donors (Lipinski definition) is 0. The minimum Gasteiger partial charge on any atom is -0.297 e. The van der Waals surface area contributed by atoms with Crippen molar-refractivity contribution in [3.05, 3.63) is 73.8 Å². The molecule has 0 aliphatic carbocycles. The van der Waals surface area contributed by atoms with Gasteiger partial charge in [0.1, 0.15) is 0 Å². The fourth-order valence-corrected chi connectivity index (χ4v) is 3.93.